The molecule has 6 heterocycles. The number of carbonyl (C=O) groups is 6. The summed E-state index contributed by atoms with van der Waals surface area (Å²) < 4.78 is 0. The van der Waals surface area contributed by atoms with Crippen molar-refractivity contribution in [3.05, 3.63) is 137 Å². The van der Waals surface area contributed by atoms with E-state index in [2.05, 4.69) is 19.9 Å². The second-order valence-corrected chi connectivity index (χ2v) is 14.5. The molecule has 8 rings (SSSR count). The molecule has 330 valence electrons. The van der Waals surface area contributed by atoms with Gasteiger partial charge in [0.2, 0.25) is 0 Å². The number of Topliss-reactive ketones (excluding diaryl/α,β-unsaturated/α-hetero) is 2. The fraction of sp³-hybridized carbons (Fsp3) is 0.233. The van der Waals surface area contributed by atoms with Crippen LogP contribution in [0.15, 0.2) is 97.6 Å². The van der Waals surface area contributed by atoms with Crippen molar-refractivity contribution in [2.24, 2.45) is 0 Å². The zero-order chi connectivity index (χ0) is 43.4. The fourth-order valence-electron chi connectivity index (χ4n) is 7.60. The number of H-pyrrole nitrogens is 2. The maximum absolute atomic E-state index is 13.0. The number of aromatic nitrogens is 4. The minimum absolute atomic E-state index is 0. The summed E-state index contributed by atoms with van der Waals surface area (Å²) in [4.78, 5) is 108. The number of amides is 4. The summed E-state index contributed by atoms with van der Waals surface area (Å²) >= 11 is 0. The van der Waals surface area contributed by atoms with Gasteiger partial charge in [-0.1, -0.05) is 36.4 Å². The van der Waals surface area contributed by atoms with E-state index in [1.165, 1.54) is 46.7 Å². The maximum atomic E-state index is 13.0. The largest absolute Gasteiger partial charge is 0.358 e. The van der Waals surface area contributed by atoms with Crippen LogP contribution >= 0.6 is 0 Å². The molecular weight excluding hydrogens is 907 g/mol. The van der Waals surface area contributed by atoms with Crippen LogP contribution < -0.4 is 5.48 Å². The first-order chi connectivity index (χ1) is 29.4. The molecule has 2 fully saturated rings. The van der Waals surface area contributed by atoms with E-state index < -0.39 is 34.3 Å². The van der Waals surface area contributed by atoms with Crippen molar-refractivity contribution >= 4 is 68.6 Å². The number of ketones is 2. The molecule has 19 nitrogen and oxygen atoms in total. The molecule has 6 aromatic rings. The molecule has 0 unspecified atom stereocenters. The van der Waals surface area contributed by atoms with E-state index in [1.807, 2.05) is 24.5 Å². The van der Waals surface area contributed by atoms with Gasteiger partial charge in [0, 0.05) is 114 Å². The van der Waals surface area contributed by atoms with Crippen LogP contribution in [0, 0.1) is 17.5 Å². The Kier molecular flexibility index (Phi) is 15.0. The number of aromatic amines is 2. The van der Waals surface area contributed by atoms with Crippen LogP contribution in [0.3, 0.4) is 0 Å². The molecule has 63 heavy (non-hydrogen) atoms. The number of hydrogen-bond acceptors (Lipinski definition) is 12. The van der Waals surface area contributed by atoms with Gasteiger partial charge in [0.05, 0.1) is 27.1 Å². The molecule has 0 saturated carbocycles. The second-order valence-electron chi connectivity index (χ2n) is 14.5. The van der Waals surface area contributed by atoms with Crippen LogP contribution in [0.4, 0.5) is 11.4 Å². The van der Waals surface area contributed by atoms with Crippen molar-refractivity contribution in [1.82, 2.24) is 39.5 Å². The second kappa shape index (κ2) is 20.2. The Balaban J connectivity index is 0.000000230. The topological polar surface area (TPSA) is 248 Å². The number of hydrogen-bond donors (Lipinski definition) is 4. The van der Waals surface area contributed by atoms with Crippen molar-refractivity contribution in [3.63, 3.8) is 0 Å². The number of carbonyl (C=O) groups excluding carboxylic acids is 6. The Labute approximate surface area is 374 Å². The van der Waals surface area contributed by atoms with Gasteiger partial charge in [0.25, 0.3) is 40.9 Å². The number of fused-ring (bicyclic) bond motifs is 2. The van der Waals surface area contributed by atoms with Crippen LogP contribution in [0.5, 0.6) is 0 Å². The third-order valence-electron chi connectivity index (χ3n) is 10.7. The molecule has 2 aliphatic heterocycles. The van der Waals surface area contributed by atoms with E-state index in [1.54, 1.807) is 65.3 Å². The number of benzene rings is 2. The van der Waals surface area contributed by atoms with Gasteiger partial charge in [-0.3, -0.25) is 49.6 Å². The summed E-state index contributed by atoms with van der Waals surface area (Å²) in [5.41, 5.74) is 3.76. The number of anilines is 1. The monoisotopic (exact) mass is 949 g/mol. The molecule has 20 heteroatoms. The van der Waals surface area contributed by atoms with Gasteiger partial charge in [-0.2, -0.15) is 0 Å². The standard InChI is InChI=1S/C21H19N5O5.C21H21N5O4.CH3.Pd/c1-13-12-24(20(28)14-5-3-2-4-6-14)9-10-25(13)21(29)18(27)15-11-23-19-17(15)16(26(30)31)7-8-22-19;1-13-12-25(20(28)14-5-3-2-4-6-14)9-10-26(13)21(29)18(27)15-11-23-19-17(15)16(24-30)7-8-22-19;;/h2-8,11,13H,9-10,12H2,1H3,(H,22,23);2-8,11,13,30H,9-10,12H2,1H3,(H2,22,23,24);1H3;/q;;-1;/t2*13-;;/m11../s1. The Morgan fingerprint density at radius 3 is 1.54 bits per heavy atom. The zero-order valence-corrected chi connectivity index (χ0v) is 35.8. The van der Waals surface area contributed by atoms with Gasteiger partial charge >= 0.3 is 0 Å². The number of pyridine rings is 2. The van der Waals surface area contributed by atoms with E-state index in [4.69, 9.17) is 0 Å². The molecule has 0 spiro atoms. The van der Waals surface area contributed by atoms with Crippen molar-refractivity contribution in [2.45, 2.75) is 25.9 Å². The normalized spacial score (nSPS) is 15.9. The molecule has 2 atom stereocenters. The quantitative estimate of drug-likeness (QED) is 0.0414. The third kappa shape index (κ3) is 9.53. The molecule has 0 aliphatic carbocycles. The molecule has 4 N–H and O–H groups in total. The summed E-state index contributed by atoms with van der Waals surface area (Å²) in [7, 11) is 0. The molecule has 4 aromatic heterocycles. The Bertz CT molecular complexity index is 2670. The molecule has 2 aliphatic rings. The maximum Gasteiger partial charge on any atom is 0.295 e. The van der Waals surface area contributed by atoms with Gasteiger partial charge in [0.15, 0.2) is 0 Å². The SMILES string of the molecule is C[C@@H]1CN(C(=O)c2ccccc2)CCN1C(=O)C(=O)c1c[nH]c2nccc(NO)c12.C[C@@H]1CN(C(=O)c2ccccc2)CCN1C(=O)C(=O)c1c[nH]c2nccc([N+](=O)[O-])c12.[CH3-].[Pd]. The summed E-state index contributed by atoms with van der Waals surface area (Å²) in [6.07, 6.45) is 5.42. The van der Waals surface area contributed by atoms with Crippen LogP contribution in [0.2, 0.25) is 0 Å². The van der Waals surface area contributed by atoms with Gasteiger partial charge in [-0.25, -0.2) is 9.97 Å². The third-order valence-corrected chi connectivity index (χ3v) is 10.7. The van der Waals surface area contributed by atoms with E-state index in [-0.39, 0.29) is 105 Å². The van der Waals surface area contributed by atoms with Crippen LogP contribution in [0.1, 0.15) is 55.3 Å². The van der Waals surface area contributed by atoms with E-state index >= 15 is 0 Å². The average molecular weight is 950 g/mol. The average Bonchev–Trinajstić information content (AvgIpc) is 3.93. The van der Waals surface area contributed by atoms with Crippen LogP contribution in [-0.2, 0) is 30.0 Å². The number of nitrogens with zero attached hydrogens (tertiary/aromatic N) is 7. The van der Waals surface area contributed by atoms with Crippen LogP contribution in [-0.4, -0.2) is 136 Å². The van der Waals surface area contributed by atoms with Gasteiger partial charge in [-0.05, 0) is 44.2 Å². The molecule has 2 saturated heterocycles. The first kappa shape index (κ1) is 46.9. The first-order valence-corrected chi connectivity index (χ1v) is 19.3. The van der Waals surface area contributed by atoms with Crippen molar-refractivity contribution in [1.29, 1.82) is 0 Å². The minimum atomic E-state index is -0.850. The van der Waals surface area contributed by atoms with Crippen molar-refractivity contribution < 1.29 is 59.3 Å². The van der Waals surface area contributed by atoms with E-state index in [9.17, 15) is 44.1 Å². The number of nitrogens with one attached hydrogen (secondary N) is 3. The Hall–Kier alpha value is -7.14. The van der Waals surface area contributed by atoms with Gasteiger partial charge < -0.3 is 37.0 Å². The number of rotatable bonds is 8. The predicted molar refractivity (Wildman–Crippen MR) is 226 cm³/mol. The summed E-state index contributed by atoms with van der Waals surface area (Å²) in [5, 5.41) is 21.0. The Morgan fingerprint density at radius 1 is 0.683 bits per heavy atom. The molecule has 2 aromatic carbocycles. The van der Waals surface area contributed by atoms with E-state index in [0.29, 0.717) is 35.2 Å². The summed E-state index contributed by atoms with van der Waals surface area (Å²) in [6.45, 7) is 5.27. The Morgan fingerprint density at radius 2 is 1.11 bits per heavy atom. The number of nitro groups is 1. The van der Waals surface area contributed by atoms with Crippen molar-refractivity contribution in [2.75, 3.05) is 44.7 Å². The van der Waals surface area contributed by atoms with Gasteiger partial charge in [0.1, 0.15) is 16.7 Å². The minimum Gasteiger partial charge on any atom is -0.358 e. The fourth-order valence-corrected chi connectivity index (χ4v) is 7.60. The summed E-state index contributed by atoms with van der Waals surface area (Å²) in [5.74, 6) is -3.19. The first-order valence-electron chi connectivity index (χ1n) is 19.3. The molecular formula is C43H43N10O9Pd-. The molecule has 0 bridgehead atoms. The van der Waals surface area contributed by atoms with Crippen LogP contribution in [0.25, 0.3) is 22.1 Å². The molecule has 4 amide bonds. The van der Waals surface area contributed by atoms with Crippen molar-refractivity contribution in [3.8, 4) is 0 Å². The number of piperazine rings is 2. The van der Waals surface area contributed by atoms with Gasteiger partial charge in [-0.15, -0.1) is 0 Å². The van der Waals surface area contributed by atoms with E-state index in [0.717, 1.165) is 0 Å². The summed E-state index contributed by atoms with van der Waals surface area (Å²) in [6, 6.07) is 19.8. The predicted octanol–water partition coefficient (Wildman–Crippen LogP) is 4.39. The molecule has 0 radical (unpaired) electrons. The zero-order valence-electron chi connectivity index (χ0n) is 34.3. The smallest absolute Gasteiger partial charge is 0.295 e.